The van der Waals surface area contributed by atoms with E-state index in [2.05, 4.69) is 63.3 Å². The second-order valence-corrected chi connectivity index (χ2v) is 11.3. The Hall–Kier alpha value is -4.36. The lowest BCUT2D eigenvalue weighted by Gasteiger charge is -2.34. The number of aromatic nitrogens is 2. The molecule has 3 aromatic carbocycles. The number of hydrogen-bond donors (Lipinski definition) is 1. The first kappa shape index (κ1) is 27.8. The number of fused-ring (bicyclic) bond motifs is 1. The highest BCUT2D eigenvalue weighted by atomic mass is 16.3. The number of anilines is 1. The second-order valence-electron chi connectivity index (χ2n) is 11.3. The number of likely N-dealkylation sites (N-methyl/N-ethyl adjacent to an activating group) is 1. The Balaban J connectivity index is 1.06. The molecule has 42 heavy (non-hydrogen) atoms. The van der Waals surface area contributed by atoms with Crippen LogP contribution in [0, 0.1) is 0 Å². The predicted octanol–water partition coefficient (Wildman–Crippen LogP) is 6.50. The number of imidazole rings is 1. The molecule has 1 fully saturated rings. The molecule has 0 spiro atoms. The SMILES string of the molecule is CN(CC(CCN1CCC(Nc2nc3ccccc3n2Cc2ccco2)CC1)c1ccccc1)C(=O)c1ccccc1. The van der Waals surface area contributed by atoms with E-state index in [1.807, 2.05) is 60.5 Å². The molecule has 6 rings (SSSR count). The molecule has 5 aromatic rings. The van der Waals surface area contributed by atoms with Crippen LogP contribution in [0.3, 0.4) is 0 Å². The van der Waals surface area contributed by atoms with E-state index in [1.54, 1.807) is 6.26 Å². The van der Waals surface area contributed by atoms with Crippen molar-refractivity contribution in [1.82, 2.24) is 19.4 Å². The van der Waals surface area contributed by atoms with Gasteiger partial charge in [0.2, 0.25) is 5.95 Å². The van der Waals surface area contributed by atoms with Gasteiger partial charge in [0, 0.05) is 44.2 Å². The van der Waals surface area contributed by atoms with Crippen LogP contribution in [-0.4, -0.2) is 64.5 Å². The summed E-state index contributed by atoms with van der Waals surface area (Å²) in [5.41, 5.74) is 4.12. The molecule has 7 heteroatoms. The smallest absolute Gasteiger partial charge is 0.253 e. The number of likely N-dealkylation sites (tertiary alicyclic amines) is 1. The van der Waals surface area contributed by atoms with Crippen molar-refractivity contribution in [2.45, 2.75) is 37.8 Å². The summed E-state index contributed by atoms with van der Waals surface area (Å²) in [4.78, 5) is 22.4. The maximum atomic E-state index is 13.1. The fourth-order valence-corrected chi connectivity index (χ4v) is 6.03. The molecule has 3 heterocycles. The van der Waals surface area contributed by atoms with E-state index in [1.165, 1.54) is 5.56 Å². The van der Waals surface area contributed by atoms with E-state index in [-0.39, 0.29) is 11.8 Å². The first-order valence-corrected chi connectivity index (χ1v) is 15.0. The van der Waals surface area contributed by atoms with E-state index in [9.17, 15) is 4.79 Å². The molecule has 0 bridgehead atoms. The van der Waals surface area contributed by atoms with Gasteiger partial charge in [-0.05, 0) is 67.8 Å². The minimum Gasteiger partial charge on any atom is -0.467 e. The van der Waals surface area contributed by atoms with E-state index < -0.39 is 0 Å². The molecule has 1 aliphatic heterocycles. The summed E-state index contributed by atoms with van der Waals surface area (Å²) < 4.78 is 7.87. The van der Waals surface area contributed by atoms with Gasteiger partial charge in [0.05, 0.1) is 23.8 Å². The summed E-state index contributed by atoms with van der Waals surface area (Å²) in [6.45, 7) is 4.43. The van der Waals surface area contributed by atoms with Crippen molar-refractivity contribution >= 4 is 22.9 Å². The van der Waals surface area contributed by atoms with Gasteiger partial charge in [-0.1, -0.05) is 60.7 Å². The molecule has 1 aliphatic rings. The number of hydrogen-bond acceptors (Lipinski definition) is 5. The summed E-state index contributed by atoms with van der Waals surface area (Å²) in [7, 11) is 1.92. The highest BCUT2D eigenvalue weighted by molar-refractivity contribution is 5.94. The van der Waals surface area contributed by atoms with Crippen LogP contribution in [0.25, 0.3) is 11.0 Å². The van der Waals surface area contributed by atoms with Crippen molar-refractivity contribution in [3.05, 3.63) is 120 Å². The number of carbonyl (C=O) groups is 1. The lowest BCUT2D eigenvalue weighted by Crippen LogP contribution is -2.40. The summed E-state index contributed by atoms with van der Waals surface area (Å²) in [5.74, 6) is 2.17. The van der Waals surface area contributed by atoms with Gasteiger partial charge in [0.1, 0.15) is 5.76 Å². The zero-order valence-corrected chi connectivity index (χ0v) is 24.2. The number of piperidine rings is 1. The number of benzene rings is 3. The molecular formula is C35H39N5O2. The number of carbonyl (C=O) groups excluding carboxylic acids is 1. The van der Waals surface area contributed by atoms with Crippen LogP contribution >= 0.6 is 0 Å². The monoisotopic (exact) mass is 561 g/mol. The highest BCUT2D eigenvalue weighted by Crippen LogP contribution is 2.26. The van der Waals surface area contributed by atoms with Gasteiger partial charge in [-0.3, -0.25) is 4.79 Å². The minimum absolute atomic E-state index is 0.0708. The lowest BCUT2D eigenvalue weighted by atomic mass is 9.94. The van der Waals surface area contributed by atoms with Crippen LogP contribution in [0.5, 0.6) is 0 Å². The average Bonchev–Trinajstić information content (AvgIpc) is 3.68. The molecule has 1 unspecified atom stereocenters. The van der Waals surface area contributed by atoms with E-state index in [4.69, 9.17) is 9.40 Å². The summed E-state index contributed by atoms with van der Waals surface area (Å²) in [6, 6.07) is 32.8. The van der Waals surface area contributed by atoms with Gasteiger partial charge >= 0.3 is 0 Å². The fourth-order valence-electron chi connectivity index (χ4n) is 6.03. The number of amides is 1. The van der Waals surface area contributed by atoms with Crippen molar-refractivity contribution in [3.63, 3.8) is 0 Å². The molecule has 1 saturated heterocycles. The normalized spacial score (nSPS) is 15.1. The Bertz CT molecular complexity index is 1560. The molecule has 1 amide bonds. The van der Waals surface area contributed by atoms with Crippen LogP contribution in [0.15, 0.2) is 108 Å². The Kier molecular flexibility index (Phi) is 8.66. The maximum absolute atomic E-state index is 13.1. The van der Waals surface area contributed by atoms with Crippen molar-refractivity contribution in [2.24, 2.45) is 0 Å². The lowest BCUT2D eigenvalue weighted by molar-refractivity contribution is 0.0782. The number of para-hydroxylation sites is 2. The zero-order chi connectivity index (χ0) is 28.7. The van der Waals surface area contributed by atoms with Crippen LogP contribution in [-0.2, 0) is 6.54 Å². The number of rotatable bonds is 11. The predicted molar refractivity (Wildman–Crippen MR) is 168 cm³/mol. The topological polar surface area (TPSA) is 66.5 Å². The van der Waals surface area contributed by atoms with E-state index >= 15 is 0 Å². The van der Waals surface area contributed by atoms with Gasteiger partial charge in [-0.25, -0.2) is 4.98 Å². The first-order chi connectivity index (χ1) is 20.6. The number of nitrogens with one attached hydrogen (secondary N) is 1. The van der Waals surface area contributed by atoms with Crippen molar-refractivity contribution < 1.29 is 9.21 Å². The molecule has 0 aliphatic carbocycles. The van der Waals surface area contributed by atoms with Crippen LogP contribution in [0.1, 0.15) is 46.9 Å². The van der Waals surface area contributed by atoms with Gasteiger partial charge in [-0.15, -0.1) is 0 Å². The molecule has 216 valence electrons. The minimum atomic E-state index is 0.0708. The zero-order valence-electron chi connectivity index (χ0n) is 24.2. The molecule has 7 nitrogen and oxygen atoms in total. The second kappa shape index (κ2) is 13.1. The first-order valence-electron chi connectivity index (χ1n) is 15.0. The summed E-state index contributed by atoms with van der Waals surface area (Å²) in [6.07, 6.45) is 4.85. The van der Waals surface area contributed by atoms with Gasteiger partial charge in [0.25, 0.3) is 5.91 Å². The Labute approximate surface area is 247 Å². The van der Waals surface area contributed by atoms with Crippen molar-refractivity contribution in [1.29, 1.82) is 0 Å². The Morgan fingerprint density at radius 2 is 1.67 bits per heavy atom. The molecule has 1 atom stereocenters. The van der Waals surface area contributed by atoms with Crippen molar-refractivity contribution in [2.75, 3.05) is 38.5 Å². The quantitative estimate of drug-likeness (QED) is 0.199. The maximum Gasteiger partial charge on any atom is 0.253 e. The molecule has 2 aromatic heterocycles. The van der Waals surface area contributed by atoms with Crippen molar-refractivity contribution in [3.8, 4) is 0 Å². The number of nitrogens with zero attached hydrogens (tertiary/aromatic N) is 4. The van der Waals surface area contributed by atoms with Gasteiger partial charge < -0.3 is 24.1 Å². The van der Waals surface area contributed by atoms with E-state index in [0.29, 0.717) is 19.1 Å². The molecule has 0 saturated carbocycles. The molecular weight excluding hydrogens is 522 g/mol. The van der Waals surface area contributed by atoms with Gasteiger partial charge in [-0.2, -0.15) is 0 Å². The molecule has 1 N–H and O–H groups in total. The Morgan fingerprint density at radius 1 is 0.952 bits per heavy atom. The van der Waals surface area contributed by atoms with Crippen LogP contribution in [0.2, 0.25) is 0 Å². The average molecular weight is 562 g/mol. The fraction of sp³-hybridized carbons (Fsp3) is 0.314. The van der Waals surface area contributed by atoms with Crippen LogP contribution < -0.4 is 5.32 Å². The third-order valence-corrected chi connectivity index (χ3v) is 8.40. The number of furan rings is 1. The summed E-state index contributed by atoms with van der Waals surface area (Å²) >= 11 is 0. The highest BCUT2D eigenvalue weighted by Gasteiger charge is 2.24. The Morgan fingerprint density at radius 3 is 2.40 bits per heavy atom. The van der Waals surface area contributed by atoms with E-state index in [0.717, 1.165) is 67.2 Å². The molecule has 0 radical (unpaired) electrons. The van der Waals surface area contributed by atoms with Crippen LogP contribution in [0.4, 0.5) is 5.95 Å². The third-order valence-electron chi connectivity index (χ3n) is 8.40. The third kappa shape index (κ3) is 6.58. The standard InChI is InChI=1S/C35H39N5O2/c1-38(34(41)28-13-6-3-7-14-28)25-29(27-11-4-2-5-12-27)18-21-39-22-19-30(20-23-39)36-35-37-32-16-8-9-17-33(32)40(35)26-31-15-10-24-42-31/h2-17,24,29-30H,18-23,25-26H2,1H3,(H,36,37). The summed E-state index contributed by atoms with van der Waals surface area (Å²) in [5, 5.41) is 3.76. The van der Waals surface area contributed by atoms with Gasteiger partial charge in [0.15, 0.2) is 0 Å². The largest absolute Gasteiger partial charge is 0.467 e.